The molecule has 3 heteroatoms. The topological polar surface area (TPSA) is 38.3 Å². The van der Waals surface area contributed by atoms with Crippen LogP contribution in [-0.2, 0) is 9.53 Å². The Morgan fingerprint density at radius 3 is 3.00 bits per heavy atom. The molecule has 0 unspecified atom stereocenters. The quantitative estimate of drug-likeness (QED) is 0.651. The minimum atomic E-state index is 0.231. The molecule has 0 aromatic heterocycles. The maximum Gasteiger partial charge on any atom is 0.137 e. The third-order valence-electron chi connectivity index (χ3n) is 3.04. The van der Waals surface area contributed by atoms with Gasteiger partial charge >= 0.3 is 0 Å². The van der Waals surface area contributed by atoms with Crippen molar-refractivity contribution < 1.29 is 9.53 Å². The Morgan fingerprint density at radius 1 is 1.38 bits per heavy atom. The van der Waals surface area contributed by atoms with E-state index in [4.69, 9.17) is 4.74 Å². The van der Waals surface area contributed by atoms with E-state index in [1.807, 2.05) is 0 Å². The molecule has 2 atom stereocenters. The lowest BCUT2D eigenvalue weighted by Gasteiger charge is -2.32. The third kappa shape index (κ3) is 2.09. The molecule has 1 aliphatic heterocycles. The van der Waals surface area contributed by atoms with Gasteiger partial charge in [0, 0.05) is 24.9 Å². The van der Waals surface area contributed by atoms with Crippen molar-refractivity contribution in [1.29, 1.82) is 0 Å². The summed E-state index contributed by atoms with van der Waals surface area (Å²) in [4.78, 5) is 11.6. The Labute approximate surface area is 78.8 Å². The highest BCUT2D eigenvalue weighted by Crippen LogP contribution is 2.24. The number of ether oxygens (including phenoxy) is 1. The highest BCUT2D eigenvalue weighted by atomic mass is 16.5. The number of morpholine rings is 1. The van der Waals surface area contributed by atoms with Crippen LogP contribution in [0.25, 0.3) is 0 Å². The van der Waals surface area contributed by atoms with Crippen LogP contribution in [0.5, 0.6) is 0 Å². The van der Waals surface area contributed by atoms with Crippen molar-refractivity contribution in [2.24, 2.45) is 5.92 Å². The summed E-state index contributed by atoms with van der Waals surface area (Å²) in [7, 11) is 0. The van der Waals surface area contributed by atoms with Crippen LogP contribution in [0, 0.1) is 5.92 Å². The Bertz CT molecular complexity index is 187. The third-order valence-corrected chi connectivity index (χ3v) is 3.04. The van der Waals surface area contributed by atoms with Gasteiger partial charge in [0.25, 0.3) is 0 Å². The first-order valence-corrected chi connectivity index (χ1v) is 5.22. The van der Waals surface area contributed by atoms with Crippen LogP contribution < -0.4 is 5.32 Å². The molecule has 1 N–H and O–H groups in total. The van der Waals surface area contributed by atoms with E-state index in [-0.39, 0.29) is 5.92 Å². The molecule has 0 amide bonds. The van der Waals surface area contributed by atoms with E-state index < -0.39 is 0 Å². The maximum absolute atomic E-state index is 11.6. The van der Waals surface area contributed by atoms with Gasteiger partial charge in [0.2, 0.25) is 0 Å². The number of rotatable bonds is 1. The van der Waals surface area contributed by atoms with E-state index in [2.05, 4.69) is 5.32 Å². The van der Waals surface area contributed by atoms with E-state index in [0.29, 0.717) is 11.8 Å². The Kier molecular flexibility index (Phi) is 2.96. The molecule has 2 fully saturated rings. The number of hydrogen-bond acceptors (Lipinski definition) is 3. The number of ketones is 1. The normalized spacial score (nSPS) is 36.2. The molecule has 1 saturated carbocycles. The van der Waals surface area contributed by atoms with Crippen molar-refractivity contribution in [2.75, 3.05) is 19.8 Å². The van der Waals surface area contributed by atoms with Crippen molar-refractivity contribution in [3.63, 3.8) is 0 Å². The van der Waals surface area contributed by atoms with E-state index in [9.17, 15) is 4.79 Å². The number of nitrogens with one attached hydrogen (secondary N) is 1. The molecule has 1 saturated heterocycles. The predicted molar refractivity (Wildman–Crippen MR) is 49.6 cm³/mol. The summed E-state index contributed by atoms with van der Waals surface area (Å²) in [6.45, 7) is 2.41. The van der Waals surface area contributed by atoms with Crippen LogP contribution in [0.15, 0.2) is 0 Å². The SMILES string of the molecule is O=C1CCCC[C@H]1[C@@H]1COCCN1. The zero-order valence-electron chi connectivity index (χ0n) is 7.92. The molecule has 2 rings (SSSR count). The molecule has 74 valence electrons. The fourth-order valence-electron chi connectivity index (χ4n) is 2.28. The van der Waals surface area contributed by atoms with E-state index >= 15 is 0 Å². The zero-order chi connectivity index (χ0) is 9.10. The maximum atomic E-state index is 11.6. The van der Waals surface area contributed by atoms with Crippen molar-refractivity contribution in [3.8, 4) is 0 Å². The first kappa shape index (κ1) is 9.16. The molecule has 1 heterocycles. The van der Waals surface area contributed by atoms with Crippen LogP contribution in [-0.4, -0.2) is 31.6 Å². The van der Waals surface area contributed by atoms with Crippen LogP contribution in [0.4, 0.5) is 0 Å². The van der Waals surface area contributed by atoms with E-state index in [1.165, 1.54) is 6.42 Å². The Balaban J connectivity index is 1.92. The summed E-state index contributed by atoms with van der Waals surface area (Å²) >= 11 is 0. The largest absolute Gasteiger partial charge is 0.378 e. The second kappa shape index (κ2) is 4.20. The van der Waals surface area contributed by atoms with Crippen LogP contribution >= 0.6 is 0 Å². The van der Waals surface area contributed by atoms with E-state index in [0.717, 1.165) is 39.0 Å². The second-order valence-corrected chi connectivity index (χ2v) is 3.95. The highest BCUT2D eigenvalue weighted by Gasteiger charge is 2.31. The number of Topliss-reactive ketones (excluding diaryl/α,β-unsaturated/α-hetero) is 1. The van der Waals surface area contributed by atoms with Gasteiger partial charge in [-0.15, -0.1) is 0 Å². The molecule has 0 bridgehead atoms. The summed E-state index contributed by atoms with van der Waals surface area (Å²) in [5, 5.41) is 3.37. The van der Waals surface area contributed by atoms with Gasteiger partial charge in [-0.3, -0.25) is 4.79 Å². The fraction of sp³-hybridized carbons (Fsp3) is 0.900. The average Bonchev–Trinajstić information content (AvgIpc) is 2.20. The smallest absolute Gasteiger partial charge is 0.137 e. The monoisotopic (exact) mass is 183 g/mol. The molecular weight excluding hydrogens is 166 g/mol. The Morgan fingerprint density at radius 2 is 2.31 bits per heavy atom. The Hall–Kier alpha value is -0.410. The number of hydrogen-bond donors (Lipinski definition) is 1. The van der Waals surface area contributed by atoms with Crippen molar-refractivity contribution >= 4 is 5.78 Å². The lowest BCUT2D eigenvalue weighted by Crippen LogP contribution is -2.49. The number of carbonyl (C=O) groups excluding carboxylic acids is 1. The molecule has 1 aliphatic carbocycles. The summed E-state index contributed by atoms with van der Waals surface area (Å²) < 4.78 is 5.37. The second-order valence-electron chi connectivity index (χ2n) is 3.95. The van der Waals surface area contributed by atoms with Crippen LogP contribution in [0.3, 0.4) is 0 Å². The van der Waals surface area contributed by atoms with Crippen molar-refractivity contribution in [2.45, 2.75) is 31.7 Å². The van der Waals surface area contributed by atoms with Gasteiger partial charge in [-0.05, 0) is 12.8 Å². The zero-order valence-corrected chi connectivity index (χ0v) is 7.92. The summed E-state index contributed by atoms with van der Waals surface area (Å²) in [6.07, 6.45) is 4.13. The molecule has 0 aromatic carbocycles. The molecule has 0 radical (unpaired) electrons. The molecule has 0 spiro atoms. The summed E-state index contributed by atoms with van der Waals surface area (Å²) in [5.41, 5.74) is 0. The van der Waals surface area contributed by atoms with Gasteiger partial charge < -0.3 is 10.1 Å². The minimum absolute atomic E-state index is 0.231. The van der Waals surface area contributed by atoms with Crippen molar-refractivity contribution in [3.05, 3.63) is 0 Å². The molecule has 13 heavy (non-hydrogen) atoms. The molecular formula is C10H17NO2. The van der Waals surface area contributed by atoms with E-state index in [1.54, 1.807) is 0 Å². The lowest BCUT2D eigenvalue weighted by atomic mass is 9.83. The minimum Gasteiger partial charge on any atom is -0.378 e. The molecule has 0 aromatic rings. The van der Waals surface area contributed by atoms with Gasteiger partial charge in [-0.1, -0.05) is 6.42 Å². The molecule has 2 aliphatic rings. The van der Waals surface area contributed by atoms with Gasteiger partial charge in [0.05, 0.1) is 13.2 Å². The van der Waals surface area contributed by atoms with Gasteiger partial charge in [0.1, 0.15) is 5.78 Å². The van der Waals surface area contributed by atoms with Gasteiger partial charge in [-0.2, -0.15) is 0 Å². The van der Waals surface area contributed by atoms with Crippen molar-refractivity contribution in [1.82, 2.24) is 5.32 Å². The fourth-order valence-corrected chi connectivity index (χ4v) is 2.28. The number of carbonyl (C=O) groups is 1. The van der Waals surface area contributed by atoms with Gasteiger partial charge in [-0.25, -0.2) is 0 Å². The van der Waals surface area contributed by atoms with Gasteiger partial charge in [0.15, 0.2) is 0 Å². The summed E-state index contributed by atoms with van der Waals surface area (Å²) in [6, 6.07) is 0.293. The highest BCUT2D eigenvalue weighted by molar-refractivity contribution is 5.82. The summed E-state index contributed by atoms with van der Waals surface area (Å²) in [5.74, 6) is 0.670. The average molecular weight is 183 g/mol. The lowest BCUT2D eigenvalue weighted by molar-refractivity contribution is -0.126. The molecule has 3 nitrogen and oxygen atoms in total. The predicted octanol–water partition coefficient (Wildman–Crippen LogP) is 0.734. The van der Waals surface area contributed by atoms with Crippen LogP contribution in [0.1, 0.15) is 25.7 Å². The first-order valence-electron chi connectivity index (χ1n) is 5.22. The van der Waals surface area contributed by atoms with Crippen LogP contribution in [0.2, 0.25) is 0 Å². The standard InChI is InChI=1S/C10H17NO2/c12-10-4-2-1-3-8(10)9-7-13-6-5-11-9/h8-9,11H,1-7H2/t8-,9-/m0/s1. The first-order chi connectivity index (χ1) is 6.38.